The number of hydrogen-bond acceptors (Lipinski definition) is 6. The molecule has 0 fully saturated rings. The van der Waals surface area contributed by atoms with Gasteiger partial charge in [0.05, 0.1) is 44.9 Å². The molecule has 1 atom stereocenters. The van der Waals surface area contributed by atoms with E-state index in [4.69, 9.17) is 14.2 Å². The lowest BCUT2D eigenvalue weighted by Gasteiger charge is -2.13. The van der Waals surface area contributed by atoms with Gasteiger partial charge >= 0.3 is 0 Å². The summed E-state index contributed by atoms with van der Waals surface area (Å²) in [5, 5.41) is 12.9. The summed E-state index contributed by atoms with van der Waals surface area (Å²) >= 11 is 0. The quantitative estimate of drug-likeness (QED) is 0.572. The first-order chi connectivity index (χ1) is 10.3. The summed E-state index contributed by atoms with van der Waals surface area (Å²) in [6.45, 7) is 4.67. The number of aromatic nitrogens is 1. The Labute approximate surface area is 126 Å². The van der Waals surface area contributed by atoms with Crippen molar-refractivity contribution < 1.29 is 19.3 Å². The fraction of sp³-hybridized carbons (Fsp3) is 0.667. The number of aliphatic hydroxyl groups excluding tert-OH is 1. The Morgan fingerprint density at radius 2 is 2.05 bits per heavy atom. The summed E-state index contributed by atoms with van der Waals surface area (Å²) in [4.78, 5) is 4.07. The maximum atomic E-state index is 9.78. The zero-order chi connectivity index (χ0) is 15.3. The molecule has 0 aliphatic rings. The summed E-state index contributed by atoms with van der Waals surface area (Å²) in [6, 6.07) is 3.61. The van der Waals surface area contributed by atoms with Crippen LogP contribution in [0.1, 0.15) is 19.8 Å². The number of methoxy groups -OCH3 is 1. The van der Waals surface area contributed by atoms with E-state index in [0.29, 0.717) is 25.6 Å². The monoisotopic (exact) mass is 298 g/mol. The third-order valence-corrected chi connectivity index (χ3v) is 2.81. The van der Waals surface area contributed by atoms with Gasteiger partial charge in [-0.05, 0) is 12.5 Å². The average Bonchev–Trinajstić information content (AvgIpc) is 2.52. The van der Waals surface area contributed by atoms with Gasteiger partial charge in [-0.3, -0.25) is 0 Å². The molecular weight excluding hydrogens is 272 g/mol. The van der Waals surface area contributed by atoms with E-state index < -0.39 is 6.10 Å². The van der Waals surface area contributed by atoms with Crippen LogP contribution in [-0.4, -0.2) is 56.3 Å². The van der Waals surface area contributed by atoms with Crippen LogP contribution in [0.4, 0.5) is 5.69 Å². The van der Waals surface area contributed by atoms with Crippen molar-refractivity contribution in [3.05, 3.63) is 18.3 Å². The lowest BCUT2D eigenvalue weighted by atomic mass is 10.3. The molecule has 0 aromatic carbocycles. The van der Waals surface area contributed by atoms with Crippen LogP contribution in [0.2, 0.25) is 0 Å². The minimum Gasteiger partial charge on any atom is -0.481 e. The largest absolute Gasteiger partial charge is 0.481 e. The fourth-order valence-electron chi connectivity index (χ4n) is 1.59. The van der Waals surface area contributed by atoms with Crippen LogP contribution >= 0.6 is 0 Å². The number of unbranched alkanes of at least 4 members (excludes halogenated alkanes) is 1. The van der Waals surface area contributed by atoms with Gasteiger partial charge in [0.1, 0.15) is 0 Å². The Bertz CT molecular complexity index is 359. The van der Waals surface area contributed by atoms with Crippen LogP contribution in [0.3, 0.4) is 0 Å². The number of hydrogen-bond donors (Lipinski definition) is 2. The van der Waals surface area contributed by atoms with E-state index in [1.54, 1.807) is 19.4 Å². The second-order valence-corrected chi connectivity index (χ2v) is 4.66. The van der Waals surface area contributed by atoms with Gasteiger partial charge in [-0.25, -0.2) is 4.98 Å². The van der Waals surface area contributed by atoms with Gasteiger partial charge < -0.3 is 24.6 Å². The molecule has 0 amide bonds. The van der Waals surface area contributed by atoms with Crippen molar-refractivity contribution in [2.75, 3.05) is 45.4 Å². The van der Waals surface area contributed by atoms with Gasteiger partial charge in [-0.15, -0.1) is 0 Å². The molecule has 0 radical (unpaired) electrons. The Hall–Kier alpha value is -1.37. The molecular formula is C15H26N2O4. The topological polar surface area (TPSA) is 72.8 Å². The van der Waals surface area contributed by atoms with E-state index in [1.165, 1.54) is 0 Å². The third kappa shape index (κ3) is 8.49. The van der Waals surface area contributed by atoms with Crippen LogP contribution in [0.5, 0.6) is 5.88 Å². The minimum atomic E-state index is -0.567. The van der Waals surface area contributed by atoms with Crippen molar-refractivity contribution in [2.24, 2.45) is 0 Å². The second-order valence-electron chi connectivity index (χ2n) is 4.66. The smallest absolute Gasteiger partial charge is 0.213 e. The maximum Gasteiger partial charge on any atom is 0.213 e. The third-order valence-electron chi connectivity index (χ3n) is 2.81. The predicted molar refractivity (Wildman–Crippen MR) is 81.8 cm³/mol. The molecule has 6 heteroatoms. The van der Waals surface area contributed by atoms with E-state index in [1.807, 2.05) is 6.07 Å². The first kappa shape index (κ1) is 17.7. The van der Waals surface area contributed by atoms with Crippen molar-refractivity contribution in [3.63, 3.8) is 0 Å². The molecule has 6 nitrogen and oxygen atoms in total. The number of anilines is 1. The van der Waals surface area contributed by atoms with Crippen molar-refractivity contribution in [2.45, 2.75) is 25.9 Å². The molecule has 0 saturated heterocycles. The van der Waals surface area contributed by atoms with E-state index in [-0.39, 0.29) is 6.61 Å². The highest BCUT2D eigenvalue weighted by Gasteiger charge is 2.04. The van der Waals surface area contributed by atoms with Gasteiger partial charge in [0.25, 0.3) is 0 Å². The second kappa shape index (κ2) is 11.3. The molecule has 1 heterocycles. The minimum absolute atomic E-state index is 0.285. The first-order valence-corrected chi connectivity index (χ1v) is 7.33. The molecule has 1 unspecified atom stereocenters. The van der Waals surface area contributed by atoms with Crippen LogP contribution < -0.4 is 10.1 Å². The van der Waals surface area contributed by atoms with Crippen molar-refractivity contribution in [1.82, 2.24) is 4.98 Å². The van der Waals surface area contributed by atoms with Crippen LogP contribution in [0, 0.1) is 0 Å². The molecule has 2 N–H and O–H groups in total. The molecule has 0 spiro atoms. The lowest BCUT2D eigenvalue weighted by Crippen LogP contribution is -2.25. The summed E-state index contributed by atoms with van der Waals surface area (Å²) in [5.41, 5.74) is 0.831. The zero-order valence-electron chi connectivity index (χ0n) is 12.9. The lowest BCUT2D eigenvalue weighted by molar-refractivity contribution is 0.00749. The molecule has 1 aromatic rings. The van der Waals surface area contributed by atoms with Gasteiger partial charge in [-0.2, -0.15) is 0 Å². The van der Waals surface area contributed by atoms with E-state index in [0.717, 1.165) is 25.1 Å². The Kier molecular flexibility index (Phi) is 9.52. The van der Waals surface area contributed by atoms with E-state index in [9.17, 15) is 5.11 Å². The van der Waals surface area contributed by atoms with Crippen LogP contribution in [0.15, 0.2) is 18.3 Å². The molecule has 0 saturated carbocycles. The van der Waals surface area contributed by atoms with E-state index in [2.05, 4.69) is 17.2 Å². The molecule has 21 heavy (non-hydrogen) atoms. The Morgan fingerprint density at radius 1 is 1.24 bits per heavy atom. The van der Waals surface area contributed by atoms with Crippen LogP contribution in [0.25, 0.3) is 0 Å². The average molecular weight is 298 g/mol. The maximum absolute atomic E-state index is 9.78. The normalized spacial score (nSPS) is 12.1. The molecule has 120 valence electrons. The Morgan fingerprint density at radius 3 is 2.71 bits per heavy atom. The van der Waals surface area contributed by atoms with Gasteiger partial charge in [0, 0.05) is 19.2 Å². The van der Waals surface area contributed by atoms with Crippen molar-refractivity contribution in [3.8, 4) is 5.88 Å². The molecule has 0 aliphatic carbocycles. The Balaban J connectivity index is 2.03. The number of rotatable bonds is 12. The van der Waals surface area contributed by atoms with Gasteiger partial charge in [0.15, 0.2) is 0 Å². The SMILES string of the molecule is CCCCOCCOCC(O)CNc1ccc(OC)nc1. The van der Waals surface area contributed by atoms with Crippen LogP contribution in [-0.2, 0) is 9.47 Å². The fourth-order valence-corrected chi connectivity index (χ4v) is 1.59. The summed E-state index contributed by atoms with van der Waals surface area (Å²) in [7, 11) is 1.57. The summed E-state index contributed by atoms with van der Waals surface area (Å²) < 4.78 is 15.7. The summed E-state index contributed by atoms with van der Waals surface area (Å²) in [5.74, 6) is 0.563. The number of aliphatic hydroxyl groups is 1. The molecule has 0 bridgehead atoms. The molecule has 0 aliphatic heterocycles. The van der Waals surface area contributed by atoms with Gasteiger partial charge in [-0.1, -0.05) is 13.3 Å². The molecule has 1 rings (SSSR count). The van der Waals surface area contributed by atoms with Crippen molar-refractivity contribution in [1.29, 1.82) is 0 Å². The summed E-state index contributed by atoms with van der Waals surface area (Å²) in [6.07, 6.45) is 3.30. The molecule has 1 aromatic heterocycles. The highest BCUT2D eigenvalue weighted by atomic mass is 16.5. The first-order valence-electron chi connectivity index (χ1n) is 7.33. The van der Waals surface area contributed by atoms with E-state index >= 15 is 0 Å². The number of pyridine rings is 1. The highest BCUT2D eigenvalue weighted by Crippen LogP contribution is 2.10. The van der Waals surface area contributed by atoms with Crippen molar-refractivity contribution >= 4 is 5.69 Å². The zero-order valence-corrected chi connectivity index (χ0v) is 12.9. The standard InChI is InChI=1S/C15H26N2O4/c1-3-4-7-20-8-9-21-12-14(18)11-16-13-5-6-15(19-2)17-10-13/h5-6,10,14,16,18H,3-4,7-9,11-12H2,1-2H3. The number of nitrogens with zero attached hydrogens (tertiary/aromatic N) is 1. The van der Waals surface area contributed by atoms with Gasteiger partial charge in [0.2, 0.25) is 5.88 Å². The number of nitrogens with one attached hydrogen (secondary N) is 1. The predicted octanol–water partition coefficient (Wildman–Crippen LogP) is 1.70. The highest BCUT2D eigenvalue weighted by molar-refractivity contribution is 5.42. The number of ether oxygens (including phenoxy) is 3.